The Hall–Kier alpha value is -2.08. The number of thiazole rings is 1. The van der Waals surface area contributed by atoms with Gasteiger partial charge >= 0.3 is 0 Å². The highest BCUT2D eigenvalue weighted by atomic mass is 32.1. The lowest BCUT2D eigenvalue weighted by Gasteiger charge is -2.06. The standard InChI is InChI=1S/C12H14N4OS/c1-7-6-18-11(16-7)5-15-12(17)9-3-2-8(13)4-10(9)14/h2-4,6H,5,13-14H2,1H3,(H,15,17). The number of aryl methyl sites for hydroxylation is 1. The highest BCUT2D eigenvalue weighted by molar-refractivity contribution is 7.09. The Bertz CT molecular complexity index is 579. The maximum Gasteiger partial charge on any atom is 0.253 e. The molecule has 1 heterocycles. The largest absolute Gasteiger partial charge is 0.399 e. The molecule has 0 saturated heterocycles. The van der Waals surface area contributed by atoms with Crippen molar-refractivity contribution in [3.63, 3.8) is 0 Å². The van der Waals surface area contributed by atoms with Crippen LogP contribution in [0.25, 0.3) is 0 Å². The second-order valence-corrected chi connectivity index (χ2v) is 4.85. The lowest BCUT2D eigenvalue weighted by Crippen LogP contribution is -2.23. The van der Waals surface area contributed by atoms with E-state index < -0.39 is 0 Å². The van der Waals surface area contributed by atoms with Gasteiger partial charge in [0, 0.05) is 22.4 Å². The fourth-order valence-electron chi connectivity index (χ4n) is 1.52. The summed E-state index contributed by atoms with van der Waals surface area (Å²) in [5.41, 5.74) is 13.6. The van der Waals surface area contributed by atoms with Crippen LogP contribution in [0.2, 0.25) is 0 Å². The monoisotopic (exact) mass is 262 g/mol. The molecule has 0 unspecified atom stereocenters. The molecule has 2 rings (SSSR count). The second-order valence-electron chi connectivity index (χ2n) is 3.91. The van der Waals surface area contributed by atoms with Crippen molar-refractivity contribution in [2.24, 2.45) is 0 Å². The molecule has 0 bridgehead atoms. The van der Waals surface area contributed by atoms with E-state index in [1.165, 1.54) is 11.3 Å². The number of hydrogen-bond acceptors (Lipinski definition) is 5. The quantitative estimate of drug-likeness (QED) is 0.731. The molecule has 18 heavy (non-hydrogen) atoms. The molecule has 2 aromatic rings. The van der Waals surface area contributed by atoms with Crippen molar-refractivity contribution >= 4 is 28.6 Å². The highest BCUT2D eigenvalue weighted by Crippen LogP contribution is 2.16. The number of rotatable bonds is 3. The molecule has 1 aromatic carbocycles. The first-order valence-electron chi connectivity index (χ1n) is 5.40. The third-order valence-corrected chi connectivity index (χ3v) is 3.35. The maximum atomic E-state index is 11.9. The lowest BCUT2D eigenvalue weighted by molar-refractivity contribution is 0.0952. The third kappa shape index (κ3) is 2.78. The Morgan fingerprint density at radius 2 is 2.22 bits per heavy atom. The second kappa shape index (κ2) is 5.05. The number of amides is 1. The Morgan fingerprint density at radius 3 is 2.83 bits per heavy atom. The number of nitrogens with zero attached hydrogens (tertiary/aromatic N) is 1. The van der Waals surface area contributed by atoms with Gasteiger partial charge in [-0.1, -0.05) is 0 Å². The SMILES string of the molecule is Cc1csc(CNC(=O)c2ccc(N)cc2N)n1. The summed E-state index contributed by atoms with van der Waals surface area (Å²) in [4.78, 5) is 16.2. The van der Waals surface area contributed by atoms with Crippen LogP contribution in [0.5, 0.6) is 0 Å². The van der Waals surface area contributed by atoms with Gasteiger partial charge in [0.2, 0.25) is 0 Å². The normalized spacial score (nSPS) is 10.3. The molecule has 0 fully saturated rings. The Labute approximate surface area is 109 Å². The number of carbonyl (C=O) groups excluding carboxylic acids is 1. The molecule has 0 spiro atoms. The van der Waals surface area contributed by atoms with Crippen LogP contribution in [-0.4, -0.2) is 10.9 Å². The summed E-state index contributed by atoms with van der Waals surface area (Å²) < 4.78 is 0. The first-order chi connectivity index (χ1) is 8.56. The van der Waals surface area contributed by atoms with E-state index in [1.807, 2.05) is 12.3 Å². The summed E-state index contributed by atoms with van der Waals surface area (Å²) in [5.74, 6) is -0.222. The Morgan fingerprint density at radius 1 is 1.44 bits per heavy atom. The molecule has 0 aliphatic heterocycles. The number of benzene rings is 1. The van der Waals surface area contributed by atoms with Gasteiger partial charge in [0.1, 0.15) is 5.01 Å². The summed E-state index contributed by atoms with van der Waals surface area (Å²) in [6, 6.07) is 4.84. The van der Waals surface area contributed by atoms with Gasteiger partial charge in [-0.25, -0.2) is 4.98 Å². The molecular formula is C12H14N4OS. The number of nitrogen functional groups attached to an aromatic ring is 2. The Balaban J connectivity index is 2.03. The zero-order valence-corrected chi connectivity index (χ0v) is 10.8. The highest BCUT2D eigenvalue weighted by Gasteiger charge is 2.10. The maximum absolute atomic E-state index is 11.9. The predicted octanol–water partition coefficient (Wildman–Crippen LogP) is 1.55. The van der Waals surface area contributed by atoms with Gasteiger partial charge in [-0.2, -0.15) is 0 Å². The van der Waals surface area contributed by atoms with Crippen molar-refractivity contribution in [3.8, 4) is 0 Å². The van der Waals surface area contributed by atoms with E-state index in [1.54, 1.807) is 18.2 Å². The van der Waals surface area contributed by atoms with Gasteiger partial charge in [-0.3, -0.25) is 4.79 Å². The van der Waals surface area contributed by atoms with Crippen LogP contribution >= 0.6 is 11.3 Å². The smallest absolute Gasteiger partial charge is 0.253 e. The van der Waals surface area contributed by atoms with Crippen LogP contribution in [0.1, 0.15) is 21.1 Å². The number of aromatic nitrogens is 1. The summed E-state index contributed by atoms with van der Waals surface area (Å²) in [6.45, 7) is 2.32. The first kappa shape index (κ1) is 12.4. The van der Waals surface area contributed by atoms with E-state index in [-0.39, 0.29) is 5.91 Å². The van der Waals surface area contributed by atoms with Crippen molar-refractivity contribution in [1.82, 2.24) is 10.3 Å². The summed E-state index contributed by atoms with van der Waals surface area (Å²) in [6.07, 6.45) is 0. The van der Waals surface area contributed by atoms with Crippen molar-refractivity contribution in [3.05, 3.63) is 39.8 Å². The minimum absolute atomic E-state index is 0.222. The van der Waals surface area contributed by atoms with Crippen LogP contribution in [-0.2, 0) is 6.54 Å². The molecule has 0 aliphatic carbocycles. The zero-order valence-electron chi connectivity index (χ0n) is 9.93. The topological polar surface area (TPSA) is 94.0 Å². The van der Waals surface area contributed by atoms with Crippen molar-refractivity contribution in [1.29, 1.82) is 0 Å². The summed E-state index contributed by atoms with van der Waals surface area (Å²) in [5, 5.41) is 5.59. The van der Waals surface area contributed by atoms with Crippen molar-refractivity contribution in [2.75, 3.05) is 11.5 Å². The zero-order chi connectivity index (χ0) is 13.1. The number of hydrogen-bond donors (Lipinski definition) is 3. The molecular weight excluding hydrogens is 248 g/mol. The molecule has 5 nitrogen and oxygen atoms in total. The van der Waals surface area contributed by atoms with Gasteiger partial charge in [-0.05, 0) is 25.1 Å². The van der Waals surface area contributed by atoms with Crippen molar-refractivity contribution in [2.45, 2.75) is 13.5 Å². The van der Waals surface area contributed by atoms with Gasteiger partial charge in [-0.15, -0.1) is 11.3 Å². The molecule has 1 amide bonds. The van der Waals surface area contributed by atoms with Crippen LogP contribution < -0.4 is 16.8 Å². The van der Waals surface area contributed by atoms with E-state index >= 15 is 0 Å². The van der Waals surface area contributed by atoms with Gasteiger partial charge < -0.3 is 16.8 Å². The number of nitrogens with two attached hydrogens (primary N) is 2. The average Bonchev–Trinajstić information content (AvgIpc) is 2.72. The van der Waals surface area contributed by atoms with Crippen LogP contribution in [0.15, 0.2) is 23.6 Å². The molecule has 1 aromatic heterocycles. The van der Waals surface area contributed by atoms with Crippen LogP contribution in [0.3, 0.4) is 0 Å². The van der Waals surface area contributed by atoms with Gasteiger partial charge in [0.15, 0.2) is 0 Å². The van der Waals surface area contributed by atoms with E-state index in [4.69, 9.17) is 11.5 Å². The van der Waals surface area contributed by atoms with Gasteiger partial charge in [0.25, 0.3) is 5.91 Å². The minimum atomic E-state index is -0.222. The molecule has 0 aliphatic rings. The third-order valence-electron chi connectivity index (χ3n) is 2.39. The van der Waals surface area contributed by atoms with Crippen molar-refractivity contribution < 1.29 is 4.79 Å². The predicted molar refractivity (Wildman–Crippen MR) is 73.3 cm³/mol. The molecule has 94 valence electrons. The molecule has 5 N–H and O–H groups in total. The average molecular weight is 262 g/mol. The van der Waals surface area contributed by atoms with E-state index in [0.717, 1.165) is 10.7 Å². The number of carbonyl (C=O) groups is 1. The number of anilines is 2. The van der Waals surface area contributed by atoms with E-state index in [2.05, 4.69) is 10.3 Å². The van der Waals surface area contributed by atoms with E-state index in [9.17, 15) is 4.79 Å². The summed E-state index contributed by atoms with van der Waals surface area (Å²) in [7, 11) is 0. The van der Waals surface area contributed by atoms with E-state index in [0.29, 0.717) is 23.5 Å². The fraction of sp³-hybridized carbons (Fsp3) is 0.167. The lowest BCUT2D eigenvalue weighted by atomic mass is 10.1. The van der Waals surface area contributed by atoms with Gasteiger partial charge in [0.05, 0.1) is 12.1 Å². The molecule has 6 heteroatoms. The Kier molecular flexibility index (Phi) is 3.47. The van der Waals surface area contributed by atoms with Crippen LogP contribution in [0, 0.1) is 6.92 Å². The number of nitrogens with one attached hydrogen (secondary N) is 1. The summed E-state index contributed by atoms with van der Waals surface area (Å²) >= 11 is 1.52. The molecule has 0 atom stereocenters. The van der Waals surface area contributed by atoms with Crippen LogP contribution in [0.4, 0.5) is 11.4 Å². The first-order valence-corrected chi connectivity index (χ1v) is 6.28. The molecule has 0 saturated carbocycles. The fourth-order valence-corrected chi connectivity index (χ4v) is 2.23. The minimum Gasteiger partial charge on any atom is -0.399 e. The molecule has 0 radical (unpaired) electrons.